The lowest BCUT2D eigenvalue weighted by Gasteiger charge is -2.16. The molecule has 0 unspecified atom stereocenters. The molecule has 1 amide bonds. The smallest absolute Gasteiger partial charge is 0.359 e. The first-order chi connectivity index (χ1) is 13.9. The van der Waals surface area contributed by atoms with Crippen molar-refractivity contribution in [3.8, 4) is 22.9 Å². The molecule has 0 atom stereocenters. The fourth-order valence-corrected chi connectivity index (χ4v) is 2.78. The number of benzene rings is 1. The van der Waals surface area contributed by atoms with Gasteiger partial charge in [0.2, 0.25) is 0 Å². The summed E-state index contributed by atoms with van der Waals surface area (Å²) in [4.78, 5) is 27.0. The number of ether oxygens (including phenoxy) is 3. The second kappa shape index (κ2) is 9.86. The van der Waals surface area contributed by atoms with E-state index in [-0.39, 0.29) is 23.7 Å². The largest absolute Gasteiger partial charge is 0.503 e. The van der Waals surface area contributed by atoms with Crippen molar-refractivity contribution in [2.75, 3.05) is 34.4 Å². The van der Waals surface area contributed by atoms with E-state index in [9.17, 15) is 14.7 Å². The highest BCUT2D eigenvalue weighted by atomic mass is 16.5. The third-order valence-corrected chi connectivity index (χ3v) is 4.25. The number of methoxy groups -OCH3 is 1. The number of esters is 1. The Kier molecular flexibility index (Phi) is 7.52. The lowest BCUT2D eigenvalue weighted by molar-refractivity contribution is 0.0513. The Balaban J connectivity index is 2.77. The van der Waals surface area contributed by atoms with E-state index in [1.54, 1.807) is 52.4 Å². The first kappa shape index (κ1) is 22.1. The minimum Gasteiger partial charge on any atom is -0.503 e. The number of nitrogens with zero attached hydrogens (tertiary/aromatic N) is 2. The van der Waals surface area contributed by atoms with E-state index < -0.39 is 17.6 Å². The number of carbonyl (C=O) groups is 2. The molecule has 0 saturated heterocycles. The highest BCUT2D eigenvalue weighted by Gasteiger charge is 2.34. The molecular weight excluding hydrogens is 376 g/mol. The van der Waals surface area contributed by atoms with E-state index in [1.165, 1.54) is 9.47 Å². The van der Waals surface area contributed by atoms with Gasteiger partial charge in [-0.05, 0) is 37.6 Å². The third-order valence-electron chi connectivity index (χ3n) is 4.25. The second-order valence-electron chi connectivity index (χ2n) is 6.53. The molecule has 29 heavy (non-hydrogen) atoms. The summed E-state index contributed by atoms with van der Waals surface area (Å²) in [6.07, 6.45) is 1.61. The second-order valence-corrected chi connectivity index (χ2v) is 6.53. The molecule has 0 aliphatic carbocycles. The Bertz CT molecular complexity index is 855. The average Bonchev–Trinajstić information content (AvgIpc) is 3.00. The zero-order chi connectivity index (χ0) is 21.6. The molecule has 8 heteroatoms. The van der Waals surface area contributed by atoms with Gasteiger partial charge in [0.15, 0.2) is 22.9 Å². The first-order valence-electron chi connectivity index (χ1n) is 9.50. The van der Waals surface area contributed by atoms with Crippen LogP contribution in [0, 0.1) is 0 Å². The Labute approximate surface area is 170 Å². The maximum Gasteiger partial charge on any atom is 0.359 e. The molecule has 1 aromatic carbocycles. The topological polar surface area (TPSA) is 90.2 Å². The van der Waals surface area contributed by atoms with Crippen LogP contribution in [0.1, 0.15) is 47.7 Å². The highest BCUT2D eigenvalue weighted by molar-refractivity contribution is 6.02. The van der Waals surface area contributed by atoms with Gasteiger partial charge in [-0.2, -0.15) is 0 Å². The van der Waals surface area contributed by atoms with Gasteiger partial charge in [0.25, 0.3) is 5.91 Å². The lowest BCUT2D eigenvalue weighted by Crippen LogP contribution is -2.26. The molecule has 1 N–H and O–H groups in total. The molecule has 0 aliphatic heterocycles. The Hall–Kier alpha value is -3.16. The van der Waals surface area contributed by atoms with Crippen LogP contribution in [-0.2, 0) is 4.74 Å². The van der Waals surface area contributed by atoms with Crippen LogP contribution in [0.15, 0.2) is 24.3 Å². The maximum atomic E-state index is 13.0. The van der Waals surface area contributed by atoms with Crippen LogP contribution in [0.3, 0.4) is 0 Å². The first-order valence-corrected chi connectivity index (χ1v) is 9.50. The predicted molar refractivity (Wildman–Crippen MR) is 108 cm³/mol. The average molecular weight is 404 g/mol. The summed E-state index contributed by atoms with van der Waals surface area (Å²) in [6, 6.07) is 6.76. The molecule has 0 bridgehead atoms. The van der Waals surface area contributed by atoms with Gasteiger partial charge in [0.1, 0.15) is 5.75 Å². The lowest BCUT2D eigenvalue weighted by atomic mass is 10.2. The van der Waals surface area contributed by atoms with Crippen LogP contribution < -0.4 is 9.47 Å². The summed E-state index contributed by atoms with van der Waals surface area (Å²) in [5.41, 5.74) is 0.380. The monoisotopic (exact) mass is 404 g/mol. The molecule has 158 valence electrons. The number of rotatable bonds is 9. The van der Waals surface area contributed by atoms with Gasteiger partial charge in [-0.1, -0.05) is 13.3 Å². The minimum absolute atomic E-state index is 0.0315. The molecule has 1 heterocycles. The molecular formula is C21H28N2O6. The number of carbonyl (C=O) groups excluding carboxylic acids is 2. The van der Waals surface area contributed by atoms with Gasteiger partial charge < -0.3 is 24.2 Å². The van der Waals surface area contributed by atoms with Crippen LogP contribution in [0.4, 0.5) is 0 Å². The number of hydrogen-bond donors (Lipinski definition) is 1. The van der Waals surface area contributed by atoms with Crippen LogP contribution in [-0.4, -0.2) is 60.9 Å². The Morgan fingerprint density at radius 1 is 1.10 bits per heavy atom. The standard InChI is InChI=1S/C21H28N2O6/c1-6-8-13-29-19-17(20(25)22(3)4)23(14-9-11-15(27-5)12-10-14)16(18(19)24)21(26)28-7-2/h9-12,24H,6-8,13H2,1-5H3. The summed E-state index contributed by atoms with van der Waals surface area (Å²) in [7, 11) is 4.72. The van der Waals surface area contributed by atoms with E-state index in [2.05, 4.69) is 0 Å². The number of aromatic nitrogens is 1. The molecule has 0 fully saturated rings. The molecule has 0 aliphatic rings. The van der Waals surface area contributed by atoms with Crippen LogP contribution in [0.2, 0.25) is 0 Å². The zero-order valence-corrected chi connectivity index (χ0v) is 17.5. The summed E-state index contributed by atoms with van der Waals surface area (Å²) in [5, 5.41) is 10.8. The van der Waals surface area contributed by atoms with Gasteiger partial charge in [0.05, 0.1) is 20.3 Å². The zero-order valence-electron chi connectivity index (χ0n) is 17.5. The number of amides is 1. The summed E-state index contributed by atoms with van der Waals surface area (Å²) in [5.74, 6) is -1.00. The van der Waals surface area contributed by atoms with Crippen molar-refractivity contribution in [1.29, 1.82) is 0 Å². The van der Waals surface area contributed by atoms with Crippen molar-refractivity contribution in [1.82, 2.24) is 9.47 Å². The molecule has 2 rings (SSSR count). The van der Waals surface area contributed by atoms with Crippen molar-refractivity contribution >= 4 is 11.9 Å². The van der Waals surface area contributed by atoms with Crippen molar-refractivity contribution in [3.05, 3.63) is 35.7 Å². The van der Waals surface area contributed by atoms with E-state index in [1.807, 2.05) is 6.92 Å². The fraction of sp³-hybridized carbons (Fsp3) is 0.429. The van der Waals surface area contributed by atoms with Gasteiger partial charge in [0, 0.05) is 19.8 Å². The molecule has 0 radical (unpaired) electrons. The number of aromatic hydroxyl groups is 1. The van der Waals surface area contributed by atoms with Crippen molar-refractivity contribution in [2.45, 2.75) is 26.7 Å². The highest BCUT2D eigenvalue weighted by Crippen LogP contribution is 2.40. The normalized spacial score (nSPS) is 10.5. The van der Waals surface area contributed by atoms with Crippen molar-refractivity contribution in [3.63, 3.8) is 0 Å². The van der Waals surface area contributed by atoms with E-state index in [0.29, 0.717) is 18.0 Å². The molecule has 2 aromatic rings. The third kappa shape index (κ3) is 4.64. The van der Waals surface area contributed by atoms with Crippen molar-refractivity contribution < 1.29 is 28.9 Å². The number of hydrogen-bond acceptors (Lipinski definition) is 6. The van der Waals surface area contributed by atoms with Gasteiger partial charge in [-0.15, -0.1) is 0 Å². The van der Waals surface area contributed by atoms with E-state index in [0.717, 1.165) is 12.8 Å². The van der Waals surface area contributed by atoms with Crippen molar-refractivity contribution in [2.24, 2.45) is 0 Å². The maximum absolute atomic E-state index is 13.0. The van der Waals surface area contributed by atoms with E-state index >= 15 is 0 Å². The molecule has 8 nitrogen and oxygen atoms in total. The van der Waals surface area contributed by atoms with Gasteiger partial charge >= 0.3 is 5.97 Å². The Morgan fingerprint density at radius 3 is 2.28 bits per heavy atom. The minimum atomic E-state index is -0.751. The SMILES string of the molecule is CCCCOc1c(O)c(C(=O)OCC)n(-c2ccc(OC)cc2)c1C(=O)N(C)C. The van der Waals surface area contributed by atoms with Gasteiger partial charge in [-0.25, -0.2) is 4.79 Å². The van der Waals surface area contributed by atoms with E-state index in [4.69, 9.17) is 14.2 Å². The van der Waals surface area contributed by atoms with Crippen LogP contribution in [0.25, 0.3) is 5.69 Å². The van der Waals surface area contributed by atoms with Gasteiger partial charge in [-0.3, -0.25) is 9.36 Å². The molecule has 0 saturated carbocycles. The molecule has 1 aromatic heterocycles. The summed E-state index contributed by atoms with van der Waals surface area (Å²) >= 11 is 0. The number of unbranched alkanes of at least 4 members (excludes halogenated alkanes) is 1. The fourth-order valence-electron chi connectivity index (χ4n) is 2.78. The van der Waals surface area contributed by atoms with Crippen LogP contribution >= 0.6 is 0 Å². The summed E-state index contributed by atoms with van der Waals surface area (Å²) < 4.78 is 17.4. The summed E-state index contributed by atoms with van der Waals surface area (Å²) in [6.45, 7) is 4.09. The Morgan fingerprint density at radius 2 is 1.76 bits per heavy atom. The molecule has 0 spiro atoms. The quantitative estimate of drug-likeness (QED) is 0.510. The van der Waals surface area contributed by atoms with Crippen LogP contribution in [0.5, 0.6) is 17.2 Å². The predicted octanol–water partition coefficient (Wildman–Crippen LogP) is 3.25.